The summed E-state index contributed by atoms with van der Waals surface area (Å²) in [5.41, 5.74) is 0.180. The minimum Gasteiger partial charge on any atom is -0.324 e. The Labute approximate surface area is 132 Å². The molecule has 0 bridgehead atoms. The van der Waals surface area contributed by atoms with Gasteiger partial charge in [-0.3, -0.25) is 9.59 Å². The van der Waals surface area contributed by atoms with Crippen LogP contribution < -0.4 is 0 Å². The number of halogens is 1. The molecule has 24 heavy (non-hydrogen) atoms. The lowest BCUT2D eigenvalue weighted by Crippen LogP contribution is -2.32. The molecule has 0 saturated heterocycles. The lowest BCUT2D eigenvalue weighted by molar-refractivity contribution is -0.0583. The highest BCUT2D eigenvalue weighted by Crippen LogP contribution is 2.24. The minimum atomic E-state index is -1.09. The van der Waals surface area contributed by atoms with Gasteiger partial charge in [0.15, 0.2) is 0 Å². The number of carbonyl (C=O) groups is 3. The van der Waals surface area contributed by atoms with Gasteiger partial charge in [-0.25, -0.2) is 9.18 Å². The van der Waals surface area contributed by atoms with Gasteiger partial charge in [-0.15, -0.1) is 0 Å². The number of aromatic nitrogens is 3. The van der Waals surface area contributed by atoms with E-state index in [1.165, 1.54) is 12.1 Å². The van der Waals surface area contributed by atoms with E-state index in [-0.39, 0.29) is 27.7 Å². The minimum absolute atomic E-state index is 0.0676. The van der Waals surface area contributed by atoms with Crippen LogP contribution in [0.5, 0.6) is 0 Å². The average molecular weight is 326 g/mol. The zero-order chi connectivity index (χ0) is 16.8. The van der Waals surface area contributed by atoms with Gasteiger partial charge >= 0.3 is 5.97 Å². The summed E-state index contributed by atoms with van der Waals surface area (Å²) >= 11 is 0. The van der Waals surface area contributed by atoms with E-state index >= 15 is 0 Å². The third kappa shape index (κ3) is 1.95. The van der Waals surface area contributed by atoms with E-state index in [9.17, 15) is 18.8 Å². The highest BCUT2D eigenvalue weighted by atomic mass is 19.1. The van der Waals surface area contributed by atoms with E-state index in [4.69, 9.17) is 4.84 Å². The molecule has 118 valence electrons. The van der Waals surface area contributed by atoms with Crippen molar-refractivity contribution in [3.05, 3.63) is 58.9 Å². The summed E-state index contributed by atoms with van der Waals surface area (Å²) in [7, 11) is 0. The fourth-order valence-electron chi connectivity index (χ4n) is 2.45. The molecule has 0 spiro atoms. The monoisotopic (exact) mass is 326 g/mol. The van der Waals surface area contributed by atoms with Crippen LogP contribution in [0.25, 0.3) is 11.0 Å². The maximum atomic E-state index is 13.6. The SMILES string of the molecule is O=C(ON1C(=O)c2ccccc2C1=O)c1cc(F)cc2n[nH]nc12. The van der Waals surface area contributed by atoms with Gasteiger partial charge in [-0.1, -0.05) is 17.2 Å². The molecule has 8 nitrogen and oxygen atoms in total. The van der Waals surface area contributed by atoms with Crippen molar-refractivity contribution in [2.24, 2.45) is 0 Å². The van der Waals surface area contributed by atoms with Crippen molar-refractivity contribution in [1.82, 2.24) is 20.5 Å². The predicted octanol–water partition coefficient (Wildman–Crippen LogP) is 1.46. The van der Waals surface area contributed by atoms with Crippen LogP contribution in [0.2, 0.25) is 0 Å². The Bertz CT molecular complexity index is 994. The summed E-state index contributed by atoms with van der Waals surface area (Å²) < 4.78 is 13.6. The number of rotatable bonds is 2. The van der Waals surface area contributed by atoms with E-state index in [0.717, 1.165) is 12.1 Å². The quantitative estimate of drug-likeness (QED) is 0.715. The molecule has 0 aliphatic carbocycles. The molecule has 1 N–H and O–H groups in total. The van der Waals surface area contributed by atoms with Crippen molar-refractivity contribution >= 4 is 28.8 Å². The lowest BCUT2D eigenvalue weighted by Gasteiger charge is -2.12. The Hall–Kier alpha value is -3.62. The summed E-state index contributed by atoms with van der Waals surface area (Å²) in [6.07, 6.45) is 0. The summed E-state index contributed by atoms with van der Waals surface area (Å²) in [6, 6.07) is 8.04. The van der Waals surface area contributed by atoms with Gasteiger partial charge in [0, 0.05) is 6.07 Å². The Balaban J connectivity index is 1.69. The van der Waals surface area contributed by atoms with Crippen molar-refractivity contribution in [3.8, 4) is 0 Å². The number of nitrogens with one attached hydrogen (secondary N) is 1. The number of fused-ring (bicyclic) bond motifs is 2. The average Bonchev–Trinajstić information content (AvgIpc) is 3.13. The third-order valence-corrected chi connectivity index (χ3v) is 3.54. The van der Waals surface area contributed by atoms with E-state index in [1.807, 2.05) is 0 Å². The molecule has 1 aliphatic rings. The van der Waals surface area contributed by atoms with Gasteiger partial charge in [0.25, 0.3) is 11.8 Å². The number of H-pyrrole nitrogens is 1. The number of carbonyl (C=O) groups excluding carboxylic acids is 3. The molecule has 4 rings (SSSR count). The fraction of sp³-hybridized carbons (Fsp3) is 0. The topological polar surface area (TPSA) is 105 Å². The molecular formula is C15H7FN4O4. The van der Waals surface area contributed by atoms with Crippen LogP contribution in [0.3, 0.4) is 0 Å². The van der Waals surface area contributed by atoms with Crippen LogP contribution in [0, 0.1) is 5.82 Å². The van der Waals surface area contributed by atoms with Gasteiger partial charge in [-0.2, -0.15) is 15.4 Å². The molecule has 1 aliphatic heterocycles. The molecule has 9 heteroatoms. The molecule has 0 fully saturated rings. The Morgan fingerprint density at radius 3 is 2.42 bits per heavy atom. The van der Waals surface area contributed by atoms with E-state index in [1.54, 1.807) is 12.1 Å². The molecule has 1 aromatic heterocycles. The van der Waals surface area contributed by atoms with Gasteiger partial charge in [0.2, 0.25) is 0 Å². The summed E-state index contributed by atoms with van der Waals surface area (Å²) in [5.74, 6) is -3.36. The Morgan fingerprint density at radius 1 is 1.08 bits per heavy atom. The lowest BCUT2D eigenvalue weighted by atomic mass is 10.1. The van der Waals surface area contributed by atoms with Gasteiger partial charge in [0.1, 0.15) is 16.9 Å². The zero-order valence-electron chi connectivity index (χ0n) is 11.8. The first kappa shape index (κ1) is 14.0. The second-order valence-electron chi connectivity index (χ2n) is 4.97. The Kier molecular flexibility index (Phi) is 2.89. The second kappa shape index (κ2) is 4.95. The first-order valence-electron chi connectivity index (χ1n) is 6.76. The Morgan fingerprint density at radius 2 is 1.75 bits per heavy atom. The number of hydrogen-bond acceptors (Lipinski definition) is 6. The molecule has 2 amide bonds. The van der Waals surface area contributed by atoms with Crippen LogP contribution in [0.15, 0.2) is 36.4 Å². The first-order chi connectivity index (χ1) is 11.6. The highest BCUT2D eigenvalue weighted by Gasteiger charge is 2.39. The third-order valence-electron chi connectivity index (χ3n) is 3.54. The molecular weight excluding hydrogens is 319 g/mol. The number of amides is 2. The summed E-state index contributed by atoms with van der Waals surface area (Å²) in [4.78, 5) is 41.5. The number of nitrogens with zero attached hydrogens (tertiary/aromatic N) is 3. The van der Waals surface area contributed by atoms with Crippen LogP contribution in [0.1, 0.15) is 31.1 Å². The van der Waals surface area contributed by atoms with Gasteiger partial charge in [-0.05, 0) is 18.2 Å². The van der Waals surface area contributed by atoms with Crippen molar-refractivity contribution in [3.63, 3.8) is 0 Å². The number of aromatic amines is 1. The van der Waals surface area contributed by atoms with Crippen LogP contribution in [-0.4, -0.2) is 38.3 Å². The summed E-state index contributed by atoms with van der Waals surface area (Å²) in [6.45, 7) is 0. The molecule has 0 unspecified atom stereocenters. The molecule has 3 aromatic rings. The van der Waals surface area contributed by atoms with Crippen molar-refractivity contribution in [1.29, 1.82) is 0 Å². The number of benzene rings is 2. The highest BCUT2D eigenvalue weighted by molar-refractivity contribution is 6.21. The molecule has 0 radical (unpaired) electrons. The normalized spacial score (nSPS) is 13.5. The van der Waals surface area contributed by atoms with Crippen molar-refractivity contribution in [2.75, 3.05) is 0 Å². The van der Waals surface area contributed by atoms with Crippen LogP contribution >= 0.6 is 0 Å². The maximum Gasteiger partial charge on any atom is 0.366 e. The standard InChI is InChI=1S/C15H7FN4O4/c16-7-5-10(12-11(6-7)17-19-18-12)15(23)24-20-13(21)8-3-1-2-4-9(8)14(20)22/h1-6H,(H,17,18,19). The van der Waals surface area contributed by atoms with E-state index in [2.05, 4.69) is 15.4 Å². The molecule has 0 atom stereocenters. The zero-order valence-corrected chi connectivity index (χ0v) is 11.8. The summed E-state index contributed by atoms with van der Waals surface area (Å²) in [5, 5.41) is 10.0. The molecule has 0 saturated carbocycles. The smallest absolute Gasteiger partial charge is 0.324 e. The van der Waals surface area contributed by atoms with Crippen molar-refractivity contribution in [2.45, 2.75) is 0 Å². The van der Waals surface area contributed by atoms with E-state index in [0.29, 0.717) is 5.06 Å². The second-order valence-corrected chi connectivity index (χ2v) is 4.97. The van der Waals surface area contributed by atoms with Crippen LogP contribution in [-0.2, 0) is 4.84 Å². The number of hydroxylamine groups is 2. The number of hydrogen-bond donors (Lipinski definition) is 1. The van der Waals surface area contributed by atoms with Crippen LogP contribution in [0.4, 0.5) is 4.39 Å². The number of imide groups is 1. The van der Waals surface area contributed by atoms with E-state index < -0.39 is 23.6 Å². The maximum absolute atomic E-state index is 13.6. The fourth-order valence-corrected chi connectivity index (χ4v) is 2.45. The largest absolute Gasteiger partial charge is 0.366 e. The predicted molar refractivity (Wildman–Crippen MR) is 76.2 cm³/mol. The van der Waals surface area contributed by atoms with Gasteiger partial charge in [0.05, 0.1) is 16.7 Å². The molecule has 2 heterocycles. The molecule has 2 aromatic carbocycles. The first-order valence-corrected chi connectivity index (χ1v) is 6.76. The van der Waals surface area contributed by atoms with Crippen molar-refractivity contribution < 1.29 is 23.6 Å². The van der Waals surface area contributed by atoms with Gasteiger partial charge < -0.3 is 4.84 Å².